The van der Waals surface area contributed by atoms with Crippen LogP contribution in [0.2, 0.25) is 0 Å². The van der Waals surface area contributed by atoms with E-state index >= 15 is 0 Å². The molecule has 2 fully saturated rings. The molecule has 0 saturated heterocycles. The first kappa shape index (κ1) is 22.4. The van der Waals surface area contributed by atoms with Crippen molar-refractivity contribution in [3.05, 3.63) is 20.2 Å². The molecule has 8 heteroatoms. The number of nitro groups is 2. The van der Waals surface area contributed by atoms with Gasteiger partial charge < -0.3 is 9.90 Å². The van der Waals surface area contributed by atoms with Crippen LogP contribution in [0.25, 0.3) is 0 Å². The Labute approximate surface area is 142 Å². The Bertz CT molecular complexity index is 362. The van der Waals surface area contributed by atoms with Gasteiger partial charge in [-0.3, -0.25) is 20.2 Å². The number of hydrogen-bond acceptors (Lipinski definition) is 6. The normalized spacial score (nSPS) is 19.8. The second kappa shape index (κ2) is 13.8. The molecule has 0 aliphatic heterocycles. The summed E-state index contributed by atoms with van der Waals surface area (Å²) in [5.41, 5.74) is 0. The lowest BCUT2D eigenvalue weighted by Crippen LogP contribution is -2.29. The Morgan fingerprint density at radius 1 is 1.00 bits per heavy atom. The summed E-state index contributed by atoms with van der Waals surface area (Å²) in [6.45, 7) is -0.287. The molecule has 0 bridgehead atoms. The van der Waals surface area contributed by atoms with Gasteiger partial charge in [-0.1, -0.05) is 38.5 Å². The topological polar surface area (TPSA) is 124 Å². The third kappa shape index (κ3) is 12.9. The van der Waals surface area contributed by atoms with Gasteiger partial charge in [-0.15, -0.1) is 0 Å². The molecule has 0 aromatic heterocycles. The predicted molar refractivity (Wildman–Crippen MR) is 90.0 cm³/mol. The van der Waals surface area contributed by atoms with Crippen molar-refractivity contribution in [2.24, 2.45) is 11.8 Å². The maximum absolute atomic E-state index is 10.2. The highest BCUT2D eigenvalue weighted by atomic mass is 16.6. The molecular formula is C16H30N2O6. The van der Waals surface area contributed by atoms with E-state index in [4.69, 9.17) is 10.1 Å². The maximum Gasteiger partial charge on any atom is 0.229 e. The van der Waals surface area contributed by atoms with Crippen LogP contribution in [0.5, 0.6) is 0 Å². The van der Waals surface area contributed by atoms with E-state index in [9.17, 15) is 20.0 Å². The third-order valence-corrected chi connectivity index (χ3v) is 4.37. The fraction of sp³-hybridized carbons (Fsp3) is 0.938. The lowest BCUT2D eigenvalue weighted by atomic mass is 9.85. The van der Waals surface area contributed by atoms with Crippen molar-refractivity contribution in [1.29, 1.82) is 0 Å². The van der Waals surface area contributed by atoms with E-state index in [0.717, 1.165) is 51.9 Å². The van der Waals surface area contributed by atoms with Gasteiger partial charge in [0.2, 0.25) is 6.54 Å². The van der Waals surface area contributed by atoms with E-state index in [1.165, 1.54) is 25.7 Å². The van der Waals surface area contributed by atoms with Gasteiger partial charge in [0.05, 0.1) is 0 Å². The molecule has 0 aromatic rings. The SMILES string of the molecule is C[N+](=O)[O-].O=CC1CCCCC1.O=[N+]([O-])CC(O)C1CCCCC1. The molecule has 140 valence electrons. The molecule has 0 radical (unpaired) electrons. The zero-order valence-electron chi connectivity index (χ0n) is 14.5. The van der Waals surface area contributed by atoms with Crippen LogP contribution in [0.15, 0.2) is 0 Å². The monoisotopic (exact) mass is 346 g/mol. The van der Waals surface area contributed by atoms with Crippen LogP contribution in [0, 0.1) is 32.1 Å². The summed E-state index contributed by atoms with van der Waals surface area (Å²) in [5, 5.41) is 28.3. The van der Waals surface area contributed by atoms with Gasteiger partial charge in [-0.25, -0.2) is 0 Å². The molecule has 1 unspecified atom stereocenters. The largest absolute Gasteiger partial charge is 0.386 e. The summed E-state index contributed by atoms with van der Waals surface area (Å²) < 4.78 is 0. The van der Waals surface area contributed by atoms with Crippen molar-refractivity contribution in [3.8, 4) is 0 Å². The Balaban J connectivity index is 0.000000379. The molecule has 1 N–H and O–H groups in total. The Morgan fingerprint density at radius 3 is 1.75 bits per heavy atom. The molecule has 0 heterocycles. The summed E-state index contributed by atoms with van der Waals surface area (Å²) in [6.07, 6.45) is 11.9. The van der Waals surface area contributed by atoms with Crippen LogP contribution in [0.1, 0.15) is 64.2 Å². The summed E-state index contributed by atoms with van der Waals surface area (Å²) in [7, 11) is 0.889. The molecule has 0 spiro atoms. The zero-order valence-corrected chi connectivity index (χ0v) is 14.5. The van der Waals surface area contributed by atoms with Crippen LogP contribution >= 0.6 is 0 Å². The minimum Gasteiger partial charge on any atom is -0.386 e. The molecule has 8 nitrogen and oxygen atoms in total. The highest BCUT2D eigenvalue weighted by molar-refractivity contribution is 5.53. The van der Waals surface area contributed by atoms with Crippen LogP contribution in [-0.4, -0.2) is 40.9 Å². The maximum atomic E-state index is 10.2. The van der Waals surface area contributed by atoms with Gasteiger partial charge in [0.1, 0.15) is 12.4 Å². The van der Waals surface area contributed by atoms with Crippen molar-refractivity contribution in [1.82, 2.24) is 0 Å². The molecule has 1 atom stereocenters. The average molecular weight is 346 g/mol. The van der Waals surface area contributed by atoms with Gasteiger partial charge in [0.25, 0.3) is 0 Å². The van der Waals surface area contributed by atoms with Crippen molar-refractivity contribution in [2.45, 2.75) is 70.3 Å². The number of rotatable bonds is 4. The first-order valence-electron chi connectivity index (χ1n) is 8.70. The van der Waals surface area contributed by atoms with Gasteiger partial charge in [0.15, 0.2) is 7.05 Å². The standard InChI is InChI=1S/C8H15NO3.C7H12O.CH3NO2/c10-8(6-9(11)12)7-4-2-1-3-5-7;8-6-7-4-2-1-3-5-7;1-2(3)4/h7-8,10H,1-6H2;6-7H,1-5H2;1H3. The predicted octanol–water partition coefficient (Wildman–Crippen LogP) is 2.86. The number of carbonyl (C=O) groups is 1. The highest BCUT2D eigenvalue weighted by Gasteiger charge is 2.25. The number of aliphatic hydroxyl groups excluding tert-OH is 1. The lowest BCUT2D eigenvalue weighted by Gasteiger charge is -2.23. The van der Waals surface area contributed by atoms with Gasteiger partial charge in [-0.05, 0) is 31.6 Å². The van der Waals surface area contributed by atoms with E-state index in [1.54, 1.807) is 0 Å². The summed E-state index contributed by atoms with van der Waals surface area (Å²) in [4.78, 5) is 28.1. The van der Waals surface area contributed by atoms with E-state index in [-0.39, 0.29) is 12.5 Å². The van der Waals surface area contributed by atoms with E-state index in [1.807, 2.05) is 0 Å². The Kier molecular flexibility index (Phi) is 12.9. The zero-order chi connectivity index (χ0) is 18.4. The number of aliphatic hydroxyl groups is 1. The summed E-state index contributed by atoms with van der Waals surface area (Å²) >= 11 is 0. The molecule has 2 rings (SSSR count). The van der Waals surface area contributed by atoms with Gasteiger partial charge in [0, 0.05) is 15.8 Å². The average Bonchev–Trinajstić information content (AvgIpc) is 2.56. The molecular weight excluding hydrogens is 316 g/mol. The number of carbonyl (C=O) groups excluding carboxylic acids is 1. The van der Waals surface area contributed by atoms with E-state index < -0.39 is 16.0 Å². The minimum atomic E-state index is -0.722. The van der Waals surface area contributed by atoms with Crippen LogP contribution in [0.3, 0.4) is 0 Å². The fourth-order valence-electron chi connectivity index (χ4n) is 3.09. The van der Waals surface area contributed by atoms with Crippen molar-refractivity contribution in [3.63, 3.8) is 0 Å². The Morgan fingerprint density at radius 2 is 1.42 bits per heavy atom. The lowest BCUT2D eigenvalue weighted by molar-refractivity contribution is -0.492. The molecule has 0 aromatic carbocycles. The van der Waals surface area contributed by atoms with E-state index in [0.29, 0.717) is 5.92 Å². The van der Waals surface area contributed by atoms with Crippen molar-refractivity contribution >= 4 is 6.29 Å². The molecule has 2 aliphatic carbocycles. The summed E-state index contributed by atoms with van der Waals surface area (Å²) in [5.74, 6) is 0.577. The smallest absolute Gasteiger partial charge is 0.229 e. The van der Waals surface area contributed by atoms with Crippen LogP contribution in [0.4, 0.5) is 0 Å². The quantitative estimate of drug-likeness (QED) is 0.474. The number of nitrogens with zero attached hydrogens (tertiary/aromatic N) is 2. The molecule has 2 aliphatic rings. The van der Waals surface area contributed by atoms with E-state index in [2.05, 4.69) is 0 Å². The second-order valence-corrected chi connectivity index (χ2v) is 6.45. The third-order valence-electron chi connectivity index (χ3n) is 4.37. The Hall–Kier alpha value is -1.57. The molecule has 2 saturated carbocycles. The second-order valence-electron chi connectivity index (χ2n) is 6.45. The van der Waals surface area contributed by atoms with Gasteiger partial charge >= 0.3 is 0 Å². The van der Waals surface area contributed by atoms with Crippen LogP contribution < -0.4 is 0 Å². The van der Waals surface area contributed by atoms with Crippen molar-refractivity contribution in [2.75, 3.05) is 13.6 Å². The first-order valence-corrected chi connectivity index (χ1v) is 8.70. The number of aldehydes is 1. The molecule has 24 heavy (non-hydrogen) atoms. The van der Waals surface area contributed by atoms with Gasteiger partial charge in [-0.2, -0.15) is 0 Å². The fourth-order valence-corrected chi connectivity index (χ4v) is 3.09. The number of hydrogen-bond donors (Lipinski definition) is 1. The molecule has 0 amide bonds. The highest BCUT2D eigenvalue weighted by Crippen LogP contribution is 2.26. The van der Waals surface area contributed by atoms with Crippen molar-refractivity contribution < 1.29 is 19.7 Å². The first-order chi connectivity index (χ1) is 11.4. The van der Waals surface area contributed by atoms with Crippen LogP contribution in [-0.2, 0) is 4.79 Å². The minimum absolute atomic E-state index is 0.171. The summed E-state index contributed by atoms with van der Waals surface area (Å²) in [6, 6.07) is 0.